The smallest absolute Gasteiger partial charge is 0.306 e. The molecule has 1 aromatic heterocycles. The van der Waals surface area contributed by atoms with Crippen LogP contribution in [-0.4, -0.2) is 15.3 Å². The lowest BCUT2D eigenvalue weighted by molar-refractivity contribution is 0.0479. The summed E-state index contributed by atoms with van der Waals surface area (Å²) in [6.45, 7) is 3.13. The Morgan fingerprint density at radius 3 is 2.56 bits per heavy atom. The van der Waals surface area contributed by atoms with Crippen LogP contribution in [0.5, 0.6) is 0 Å². The number of aromatic nitrogens is 2. The van der Waals surface area contributed by atoms with Crippen LogP contribution in [0.3, 0.4) is 0 Å². The molecule has 0 aliphatic carbocycles. The molecule has 0 aliphatic heterocycles. The monoisotopic (exact) mass is 127 g/mol. The van der Waals surface area contributed by atoms with Crippen LogP contribution >= 0.6 is 0 Å². The molecule has 0 saturated carbocycles. The summed E-state index contributed by atoms with van der Waals surface area (Å²) in [5.41, 5.74) is -1.05. The second-order valence-corrected chi connectivity index (χ2v) is 2.26. The molecule has 0 saturated heterocycles. The second kappa shape index (κ2) is 1.80. The lowest BCUT2D eigenvalue weighted by atomic mass is 10.1. The Kier molecular flexibility index (Phi) is 1.25. The molecule has 0 aliphatic rings. The largest absolute Gasteiger partial charge is 0.414 e. The van der Waals surface area contributed by atoms with Crippen LogP contribution < -0.4 is 0 Å². The molecule has 0 atom stereocenters. The molecule has 49 valence electrons. The number of aliphatic hydroxyl groups is 1. The van der Waals surface area contributed by atoms with Crippen molar-refractivity contribution in [1.82, 2.24) is 10.2 Å². The van der Waals surface area contributed by atoms with Gasteiger partial charge in [-0.3, -0.25) is 0 Å². The normalized spacial score (nSPS) is 11.9. The summed E-state index contributed by atoms with van der Waals surface area (Å²) >= 11 is 0. The van der Waals surface area contributed by atoms with Crippen molar-refractivity contribution in [2.75, 3.05) is 0 Å². The molecule has 4 nitrogen and oxygen atoms in total. The predicted octanol–water partition coefficient (Wildman–Crippen LogP) is 0.0972. The first-order valence-electron chi connectivity index (χ1n) is 2.53. The molecule has 0 amide bonds. The third kappa shape index (κ3) is 1.26. The van der Waals surface area contributed by atoms with E-state index in [1.54, 1.807) is 13.8 Å². The van der Waals surface area contributed by atoms with Gasteiger partial charge in [-0.25, -0.2) is 0 Å². The molecule has 1 aromatic rings. The molecular formula is C5H7N2O2. The second-order valence-electron chi connectivity index (χ2n) is 2.26. The third-order valence-electron chi connectivity index (χ3n) is 0.847. The molecule has 1 rings (SSSR count). The van der Waals surface area contributed by atoms with Crippen molar-refractivity contribution < 1.29 is 9.52 Å². The highest BCUT2D eigenvalue weighted by molar-refractivity contribution is 4.86. The van der Waals surface area contributed by atoms with Gasteiger partial charge in [-0.1, -0.05) is 0 Å². The minimum absolute atomic E-state index is 0.183. The van der Waals surface area contributed by atoms with Gasteiger partial charge in [-0.05, 0) is 13.8 Å². The Hall–Kier alpha value is -0.900. The molecule has 9 heavy (non-hydrogen) atoms. The molecule has 0 unspecified atom stereocenters. The van der Waals surface area contributed by atoms with Crippen LogP contribution in [0, 0.1) is 6.39 Å². The van der Waals surface area contributed by atoms with Gasteiger partial charge in [0.05, 0.1) is 0 Å². The van der Waals surface area contributed by atoms with Gasteiger partial charge >= 0.3 is 6.39 Å². The average Bonchev–Trinajstić information content (AvgIpc) is 2.08. The van der Waals surface area contributed by atoms with E-state index in [4.69, 9.17) is 5.11 Å². The molecule has 0 spiro atoms. The first-order valence-corrected chi connectivity index (χ1v) is 2.53. The van der Waals surface area contributed by atoms with Gasteiger partial charge in [0.1, 0.15) is 5.60 Å². The maximum absolute atomic E-state index is 9.16. The standard InChI is InChI=1S/C5H7N2O2/c1-5(2,8)4-7-6-3-9-4/h8H,1-2H3. The van der Waals surface area contributed by atoms with Crippen molar-refractivity contribution in [2.45, 2.75) is 19.4 Å². The van der Waals surface area contributed by atoms with E-state index < -0.39 is 5.60 Å². The first kappa shape index (κ1) is 6.22. The van der Waals surface area contributed by atoms with Gasteiger partial charge in [0.2, 0.25) is 5.89 Å². The zero-order chi connectivity index (χ0) is 6.91. The van der Waals surface area contributed by atoms with Gasteiger partial charge in [0.25, 0.3) is 0 Å². The van der Waals surface area contributed by atoms with E-state index in [1.807, 2.05) is 0 Å². The van der Waals surface area contributed by atoms with Crippen LogP contribution in [0.1, 0.15) is 19.7 Å². The minimum atomic E-state index is -1.05. The molecule has 1 heterocycles. The fourth-order valence-electron chi connectivity index (χ4n) is 0.397. The summed E-state index contributed by atoms with van der Waals surface area (Å²) in [4.78, 5) is 0. The van der Waals surface area contributed by atoms with E-state index in [0.717, 1.165) is 0 Å². The first-order chi connectivity index (χ1) is 4.11. The SMILES string of the molecule is CC(C)(O)c1nn[c]o1. The van der Waals surface area contributed by atoms with Crippen LogP contribution in [-0.2, 0) is 5.60 Å². The molecule has 0 bridgehead atoms. The van der Waals surface area contributed by atoms with Crippen molar-refractivity contribution in [3.05, 3.63) is 12.3 Å². The van der Waals surface area contributed by atoms with Gasteiger partial charge < -0.3 is 9.52 Å². The molecular weight excluding hydrogens is 120 g/mol. The van der Waals surface area contributed by atoms with Crippen molar-refractivity contribution >= 4 is 0 Å². The van der Waals surface area contributed by atoms with Gasteiger partial charge in [-0.2, -0.15) is 0 Å². The van der Waals surface area contributed by atoms with Gasteiger partial charge in [-0.15, -0.1) is 10.2 Å². The molecule has 1 radical (unpaired) electrons. The summed E-state index contributed by atoms with van der Waals surface area (Å²) in [7, 11) is 0. The lowest BCUT2D eigenvalue weighted by Crippen LogP contribution is -2.15. The van der Waals surface area contributed by atoms with E-state index in [9.17, 15) is 0 Å². The quantitative estimate of drug-likeness (QED) is 0.581. The van der Waals surface area contributed by atoms with Crippen molar-refractivity contribution in [1.29, 1.82) is 0 Å². The number of hydrogen-bond donors (Lipinski definition) is 1. The molecule has 0 fully saturated rings. The fraction of sp³-hybridized carbons (Fsp3) is 0.600. The Bertz CT molecular complexity index is 175. The Balaban J connectivity index is 2.90. The fourth-order valence-corrected chi connectivity index (χ4v) is 0.397. The van der Waals surface area contributed by atoms with Gasteiger partial charge in [0.15, 0.2) is 0 Å². The summed E-state index contributed by atoms with van der Waals surface area (Å²) < 4.78 is 4.60. The number of rotatable bonds is 1. The topological polar surface area (TPSA) is 59.2 Å². The highest BCUT2D eigenvalue weighted by atomic mass is 16.4. The highest BCUT2D eigenvalue weighted by Gasteiger charge is 2.21. The summed E-state index contributed by atoms with van der Waals surface area (Å²) in [5, 5.41) is 15.9. The van der Waals surface area contributed by atoms with E-state index in [-0.39, 0.29) is 5.89 Å². The average molecular weight is 127 g/mol. The predicted molar refractivity (Wildman–Crippen MR) is 28.4 cm³/mol. The van der Waals surface area contributed by atoms with Crippen LogP contribution in [0.2, 0.25) is 0 Å². The molecule has 4 heteroatoms. The zero-order valence-electron chi connectivity index (χ0n) is 5.25. The van der Waals surface area contributed by atoms with Gasteiger partial charge in [0, 0.05) is 0 Å². The van der Waals surface area contributed by atoms with Crippen molar-refractivity contribution in [3.63, 3.8) is 0 Å². The lowest BCUT2D eigenvalue weighted by Gasteiger charge is -2.09. The van der Waals surface area contributed by atoms with E-state index in [1.165, 1.54) is 0 Å². The highest BCUT2D eigenvalue weighted by Crippen LogP contribution is 2.14. The van der Waals surface area contributed by atoms with E-state index in [2.05, 4.69) is 21.0 Å². The van der Waals surface area contributed by atoms with Crippen LogP contribution in [0.15, 0.2) is 4.42 Å². The maximum Gasteiger partial charge on any atom is 0.306 e. The minimum Gasteiger partial charge on any atom is -0.414 e. The van der Waals surface area contributed by atoms with Crippen LogP contribution in [0.4, 0.5) is 0 Å². The maximum atomic E-state index is 9.16. The van der Waals surface area contributed by atoms with Crippen molar-refractivity contribution in [3.8, 4) is 0 Å². The van der Waals surface area contributed by atoms with E-state index >= 15 is 0 Å². The van der Waals surface area contributed by atoms with E-state index in [0.29, 0.717) is 0 Å². The van der Waals surface area contributed by atoms with Crippen molar-refractivity contribution in [2.24, 2.45) is 0 Å². The Morgan fingerprint density at radius 1 is 1.67 bits per heavy atom. The number of nitrogens with zero attached hydrogens (tertiary/aromatic N) is 2. The molecule has 0 aromatic carbocycles. The Morgan fingerprint density at radius 2 is 2.33 bits per heavy atom. The summed E-state index contributed by atoms with van der Waals surface area (Å²) in [6, 6.07) is 0. The summed E-state index contributed by atoms with van der Waals surface area (Å²) in [6.07, 6.45) is 2.14. The zero-order valence-corrected chi connectivity index (χ0v) is 5.25. The Labute approximate surface area is 52.5 Å². The molecule has 1 N–H and O–H groups in total. The third-order valence-corrected chi connectivity index (χ3v) is 0.847. The summed E-state index contributed by atoms with van der Waals surface area (Å²) in [5.74, 6) is 0.183. The number of hydrogen-bond acceptors (Lipinski definition) is 4. The van der Waals surface area contributed by atoms with Crippen LogP contribution in [0.25, 0.3) is 0 Å².